The van der Waals surface area contributed by atoms with E-state index in [1.54, 1.807) is 7.11 Å². The molecule has 0 bridgehead atoms. The summed E-state index contributed by atoms with van der Waals surface area (Å²) < 4.78 is 5.61. The fourth-order valence-corrected chi connectivity index (χ4v) is 4.58. The van der Waals surface area contributed by atoms with E-state index in [4.69, 9.17) is 4.74 Å². The molecule has 3 rings (SSSR count). The SMILES string of the molecule is COc1ccc(C2CCSCC2)cc1C1CCCNC1. The van der Waals surface area contributed by atoms with Crippen molar-refractivity contribution < 1.29 is 4.74 Å². The maximum Gasteiger partial charge on any atom is 0.122 e. The van der Waals surface area contributed by atoms with Crippen LogP contribution in [0.2, 0.25) is 0 Å². The van der Waals surface area contributed by atoms with E-state index in [0.29, 0.717) is 5.92 Å². The van der Waals surface area contributed by atoms with Crippen LogP contribution in [0, 0.1) is 0 Å². The highest BCUT2D eigenvalue weighted by atomic mass is 32.2. The lowest BCUT2D eigenvalue weighted by Gasteiger charge is -2.27. The highest BCUT2D eigenvalue weighted by Crippen LogP contribution is 2.37. The van der Waals surface area contributed by atoms with Crippen LogP contribution in [0.4, 0.5) is 0 Å². The minimum atomic E-state index is 0.622. The first-order valence-electron chi connectivity index (χ1n) is 7.85. The number of piperidine rings is 1. The zero-order chi connectivity index (χ0) is 13.8. The van der Waals surface area contributed by atoms with Gasteiger partial charge in [-0.05, 0) is 66.8 Å². The Bertz CT molecular complexity index is 437. The van der Waals surface area contributed by atoms with Crippen LogP contribution >= 0.6 is 11.8 Å². The summed E-state index contributed by atoms with van der Waals surface area (Å²) in [6.07, 6.45) is 5.23. The predicted molar refractivity (Wildman–Crippen MR) is 87.1 cm³/mol. The fraction of sp³-hybridized carbons (Fsp3) is 0.647. The first-order valence-corrected chi connectivity index (χ1v) is 9.00. The molecule has 2 nitrogen and oxygen atoms in total. The molecule has 1 aromatic carbocycles. The summed E-state index contributed by atoms with van der Waals surface area (Å²) in [6, 6.07) is 6.93. The van der Waals surface area contributed by atoms with E-state index in [1.165, 1.54) is 54.9 Å². The second kappa shape index (κ2) is 6.86. The van der Waals surface area contributed by atoms with E-state index in [1.807, 2.05) is 0 Å². The third-order valence-corrected chi connectivity index (χ3v) is 5.73. The maximum atomic E-state index is 5.61. The van der Waals surface area contributed by atoms with Crippen molar-refractivity contribution in [2.45, 2.75) is 37.5 Å². The standard InChI is InChI=1S/C17H25NOS/c1-19-17-5-4-14(13-6-9-20-10-7-13)11-16(17)15-3-2-8-18-12-15/h4-5,11,13,15,18H,2-3,6-10,12H2,1H3. The van der Waals surface area contributed by atoms with E-state index >= 15 is 0 Å². The molecule has 2 saturated heterocycles. The molecular weight excluding hydrogens is 266 g/mol. The number of hydrogen-bond donors (Lipinski definition) is 1. The van der Waals surface area contributed by atoms with E-state index < -0.39 is 0 Å². The molecule has 110 valence electrons. The number of methoxy groups -OCH3 is 1. The Balaban J connectivity index is 1.85. The summed E-state index contributed by atoms with van der Waals surface area (Å²) in [5.41, 5.74) is 2.96. The normalized spacial score (nSPS) is 24.6. The van der Waals surface area contributed by atoms with E-state index in [2.05, 4.69) is 35.3 Å². The fourth-order valence-electron chi connectivity index (χ4n) is 3.47. The highest BCUT2D eigenvalue weighted by molar-refractivity contribution is 7.99. The van der Waals surface area contributed by atoms with Crippen LogP contribution in [0.3, 0.4) is 0 Å². The number of thioether (sulfide) groups is 1. The van der Waals surface area contributed by atoms with Gasteiger partial charge in [-0.25, -0.2) is 0 Å². The molecule has 1 atom stereocenters. The van der Waals surface area contributed by atoms with Gasteiger partial charge in [0, 0.05) is 12.5 Å². The Morgan fingerprint density at radius 1 is 1.15 bits per heavy atom. The van der Waals surface area contributed by atoms with Gasteiger partial charge in [0.15, 0.2) is 0 Å². The molecule has 0 spiro atoms. The van der Waals surface area contributed by atoms with Crippen molar-refractivity contribution in [2.24, 2.45) is 0 Å². The number of rotatable bonds is 3. The summed E-state index contributed by atoms with van der Waals surface area (Å²) in [4.78, 5) is 0. The third kappa shape index (κ3) is 3.15. The van der Waals surface area contributed by atoms with Crippen molar-refractivity contribution in [3.8, 4) is 5.75 Å². The largest absolute Gasteiger partial charge is 0.496 e. The van der Waals surface area contributed by atoms with E-state index in [9.17, 15) is 0 Å². The average molecular weight is 291 g/mol. The molecule has 1 aromatic rings. The molecule has 2 aliphatic heterocycles. The molecule has 0 radical (unpaired) electrons. The van der Waals surface area contributed by atoms with Gasteiger partial charge in [-0.15, -0.1) is 0 Å². The van der Waals surface area contributed by atoms with Crippen LogP contribution in [-0.2, 0) is 0 Å². The van der Waals surface area contributed by atoms with Crippen molar-refractivity contribution in [3.63, 3.8) is 0 Å². The van der Waals surface area contributed by atoms with E-state index in [0.717, 1.165) is 18.2 Å². The third-order valence-electron chi connectivity index (χ3n) is 4.68. The Kier molecular flexibility index (Phi) is 4.90. The van der Waals surface area contributed by atoms with Crippen LogP contribution in [0.15, 0.2) is 18.2 Å². The van der Waals surface area contributed by atoms with Crippen molar-refractivity contribution >= 4 is 11.8 Å². The van der Waals surface area contributed by atoms with Gasteiger partial charge >= 0.3 is 0 Å². The first-order chi connectivity index (χ1) is 9.88. The Labute approximate surface area is 126 Å². The zero-order valence-electron chi connectivity index (χ0n) is 12.4. The molecule has 1 N–H and O–H groups in total. The molecule has 2 heterocycles. The topological polar surface area (TPSA) is 21.3 Å². The smallest absolute Gasteiger partial charge is 0.122 e. The van der Waals surface area contributed by atoms with Gasteiger partial charge in [0.25, 0.3) is 0 Å². The van der Waals surface area contributed by atoms with Gasteiger partial charge in [-0.3, -0.25) is 0 Å². The van der Waals surface area contributed by atoms with E-state index in [-0.39, 0.29) is 0 Å². The second-order valence-corrected chi connectivity index (χ2v) is 7.16. The summed E-state index contributed by atoms with van der Waals surface area (Å²) in [7, 11) is 1.80. The van der Waals surface area contributed by atoms with Crippen molar-refractivity contribution in [1.82, 2.24) is 5.32 Å². The molecule has 2 aliphatic rings. The second-order valence-electron chi connectivity index (χ2n) is 5.93. The van der Waals surface area contributed by atoms with Crippen molar-refractivity contribution in [3.05, 3.63) is 29.3 Å². The number of benzene rings is 1. The van der Waals surface area contributed by atoms with Gasteiger partial charge in [-0.1, -0.05) is 12.1 Å². The quantitative estimate of drug-likeness (QED) is 0.916. The molecule has 0 aromatic heterocycles. The van der Waals surface area contributed by atoms with Gasteiger partial charge in [-0.2, -0.15) is 11.8 Å². The molecule has 0 amide bonds. The van der Waals surface area contributed by atoms with Crippen LogP contribution in [0.25, 0.3) is 0 Å². The molecule has 0 aliphatic carbocycles. The van der Waals surface area contributed by atoms with Crippen LogP contribution in [0.1, 0.15) is 48.6 Å². The Hall–Kier alpha value is -0.670. The minimum Gasteiger partial charge on any atom is -0.496 e. The zero-order valence-corrected chi connectivity index (χ0v) is 13.2. The lowest BCUT2D eigenvalue weighted by atomic mass is 9.86. The highest BCUT2D eigenvalue weighted by Gasteiger charge is 2.22. The molecular formula is C17H25NOS. The summed E-state index contributed by atoms with van der Waals surface area (Å²) in [5.74, 6) is 5.09. The van der Waals surface area contributed by atoms with Gasteiger partial charge < -0.3 is 10.1 Å². The van der Waals surface area contributed by atoms with Crippen LogP contribution in [-0.4, -0.2) is 31.7 Å². The Morgan fingerprint density at radius 3 is 2.70 bits per heavy atom. The summed E-state index contributed by atoms with van der Waals surface area (Å²) in [6.45, 7) is 2.26. The first kappa shape index (κ1) is 14.3. The predicted octanol–water partition coefficient (Wildman–Crippen LogP) is 3.77. The van der Waals surface area contributed by atoms with Crippen LogP contribution in [0.5, 0.6) is 5.75 Å². The van der Waals surface area contributed by atoms with Gasteiger partial charge in [0.2, 0.25) is 0 Å². The van der Waals surface area contributed by atoms with Crippen molar-refractivity contribution in [2.75, 3.05) is 31.7 Å². The lowest BCUT2D eigenvalue weighted by molar-refractivity contribution is 0.391. The molecule has 2 fully saturated rings. The maximum absolute atomic E-state index is 5.61. The lowest BCUT2D eigenvalue weighted by Crippen LogP contribution is -2.28. The number of ether oxygens (including phenoxy) is 1. The summed E-state index contributed by atoms with van der Waals surface area (Å²) >= 11 is 2.10. The monoisotopic (exact) mass is 291 g/mol. The van der Waals surface area contributed by atoms with Gasteiger partial charge in [0.1, 0.15) is 5.75 Å². The molecule has 20 heavy (non-hydrogen) atoms. The van der Waals surface area contributed by atoms with Gasteiger partial charge in [0.05, 0.1) is 7.11 Å². The molecule has 1 unspecified atom stereocenters. The number of nitrogens with one attached hydrogen (secondary N) is 1. The number of hydrogen-bond acceptors (Lipinski definition) is 3. The minimum absolute atomic E-state index is 0.622. The Morgan fingerprint density at radius 2 is 2.00 bits per heavy atom. The van der Waals surface area contributed by atoms with Crippen LogP contribution < -0.4 is 10.1 Å². The van der Waals surface area contributed by atoms with Crippen molar-refractivity contribution in [1.29, 1.82) is 0 Å². The average Bonchev–Trinajstić information content (AvgIpc) is 2.56. The molecule has 3 heteroatoms. The summed E-state index contributed by atoms with van der Waals surface area (Å²) in [5, 5.41) is 3.52. The molecule has 0 saturated carbocycles.